The Morgan fingerprint density at radius 3 is 2.47 bits per heavy atom. The van der Waals surface area contributed by atoms with E-state index < -0.39 is 0 Å². The van der Waals surface area contributed by atoms with Crippen LogP contribution in [-0.4, -0.2) is 36.3 Å². The van der Waals surface area contributed by atoms with Gasteiger partial charge in [0.15, 0.2) is 5.16 Å². The van der Waals surface area contributed by atoms with Gasteiger partial charge in [-0.05, 0) is 66.9 Å². The molecule has 1 aromatic heterocycles. The molecule has 7 heteroatoms. The second-order valence-electron chi connectivity index (χ2n) is 7.71. The number of benzene rings is 3. The van der Waals surface area contributed by atoms with Crippen LogP contribution in [0.5, 0.6) is 11.5 Å². The summed E-state index contributed by atoms with van der Waals surface area (Å²) < 4.78 is 18.0. The first-order valence-electron chi connectivity index (χ1n) is 11.2. The average molecular weight is 477 g/mol. The molecule has 0 amide bonds. The first-order chi connectivity index (χ1) is 16.6. The summed E-state index contributed by atoms with van der Waals surface area (Å²) in [6.45, 7) is 2.91. The number of nitrogens with zero attached hydrogens (tertiary/aromatic N) is 2. The third-order valence-electron chi connectivity index (χ3n) is 5.51. The molecule has 0 saturated carbocycles. The van der Waals surface area contributed by atoms with Gasteiger partial charge in [-0.3, -0.25) is 0 Å². The van der Waals surface area contributed by atoms with Gasteiger partial charge in [0.25, 0.3) is 0 Å². The van der Waals surface area contributed by atoms with Gasteiger partial charge < -0.3 is 18.8 Å². The van der Waals surface area contributed by atoms with Crippen molar-refractivity contribution in [2.75, 3.05) is 20.8 Å². The second kappa shape index (κ2) is 11.1. The lowest BCUT2D eigenvalue weighted by molar-refractivity contribution is 0.0526. The molecule has 0 fully saturated rings. The molecule has 0 unspecified atom stereocenters. The third kappa shape index (κ3) is 5.54. The van der Waals surface area contributed by atoms with Gasteiger partial charge in [-0.15, -0.1) is 0 Å². The van der Waals surface area contributed by atoms with E-state index in [-0.39, 0.29) is 5.97 Å². The quantitative estimate of drug-likeness (QED) is 0.214. The highest BCUT2D eigenvalue weighted by Crippen LogP contribution is 2.29. The fourth-order valence-electron chi connectivity index (χ4n) is 3.72. The molecule has 4 aromatic rings. The van der Waals surface area contributed by atoms with Crippen molar-refractivity contribution in [3.63, 3.8) is 0 Å². The molecule has 34 heavy (non-hydrogen) atoms. The second-order valence-corrected chi connectivity index (χ2v) is 8.65. The summed E-state index contributed by atoms with van der Waals surface area (Å²) in [6, 6.07) is 21.8. The van der Waals surface area contributed by atoms with E-state index in [2.05, 4.69) is 22.8 Å². The van der Waals surface area contributed by atoms with Crippen molar-refractivity contribution in [3.8, 4) is 11.5 Å². The van der Waals surface area contributed by atoms with E-state index >= 15 is 0 Å². The number of aryl methyl sites for hydroxylation is 2. The number of ether oxygens (including phenoxy) is 3. The maximum atomic E-state index is 12.2. The third-order valence-corrected chi connectivity index (χ3v) is 6.56. The van der Waals surface area contributed by atoms with Gasteiger partial charge in [-0.1, -0.05) is 36.0 Å². The molecule has 0 aliphatic rings. The number of rotatable bonds is 10. The van der Waals surface area contributed by atoms with Crippen LogP contribution in [0.4, 0.5) is 0 Å². The Hall–Kier alpha value is -3.45. The van der Waals surface area contributed by atoms with Crippen molar-refractivity contribution in [1.29, 1.82) is 0 Å². The predicted molar refractivity (Wildman–Crippen MR) is 135 cm³/mol. The van der Waals surface area contributed by atoms with Crippen molar-refractivity contribution in [1.82, 2.24) is 9.55 Å². The van der Waals surface area contributed by atoms with Crippen LogP contribution >= 0.6 is 11.8 Å². The molecule has 0 aliphatic carbocycles. The predicted octanol–water partition coefficient (Wildman–Crippen LogP) is 5.77. The molecule has 6 nitrogen and oxygen atoms in total. The van der Waals surface area contributed by atoms with E-state index in [1.807, 2.05) is 48.5 Å². The van der Waals surface area contributed by atoms with Crippen LogP contribution in [0.25, 0.3) is 11.0 Å². The van der Waals surface area contributed by atoms with E-state index in [9.17, 15) is 4.79 Å². The number of carbonyl (C=O) groups is 1. The molecular formula is C27H28N2O4S. The molecule has 0 radical (unpaired) electrons. The van der Waals surface area contributed by atoms with E-state index in [1.54, 1.807) is 32.9 Å². The first-order valence-corrected chi connectivity index (χ1v) is 12.2. The Labute approximate surface area is 203 Å². The molecule has 4 rings (SSSR count). The highest BCUT2D eigenvalue weighted by atomic mass is 32.2. The van der Waals surface area contributed by atoms with Crippen LogP contribution in [0.1, 0.15) is 28.4 Å². The Kier molecular flexibility index (Phi) is 7.75. The van der Waals surface area contributed by atoms with Gasteiger partial charge in [-0.25, -0.2) is 9.78 Å². The fourth-order valence-corrected chi connectivity index (χ4v) is 4.70. The molecule has 0 aliphatic heterocycles. The highest BCUT2D eigenvalue weighted by molar-refractivity contribution is 7.98. The number of carbonyl (C=O) groups excluding carboxylic acids is 1. The summed E-state index contributed by atoms with van der Waals surface area (Å²) in [6.07, 6.45) is 0.849. The molecule has 0 bridgehead atoms. The van der Waals surface area contributed by atoms with E-state index in [4.69, 9.17) is 19.2 Å². The zero-order valence-corrected chi connectivity index (χ0v) is 20.4. The van der Waals surface area contributed by atoms with Gasteiger partial charge in [-0.2, -0.15) is 0 Å². The molecule has 0 N–H and O–H groups in total. The maximum absolute atomic E-state index is 12.2. The minimum absolute atomic E-state index is 0.331. The lowest BCUT2D eigenvalue weighted by Crippen LogP contribution is -2.05. The van der Waals surface area contributed by atoms with Crippen molar-refractivity contribution < 1.29 is 19.0 Å². The number of thioether (sulfide) groups is 1. The van der Waals surface area contributed by atoms with Crippen LogP contribution < -0.4 is 9.47 Å². The lowest BCUT2D eigenvalue weighted by atomic mass is 10.1. The average Bonchev–Trinajstić information content (AvgIpc) is 3.23. The van der Waals surface area contributed by atoms with E-state index in [0.29, 0.717) is 12.2 Å². The maximum Gasteiger partial charge on any atom is 0.338 e. The summed E-state index contributed by atoms with van der Waals surface area (Å²) in [5.74, 6) is 2.11. The number of fused-ring (bicyclic) bond motifs is 1. The normalized spacial score (nSPS) is 10.9. The van der Waals surface area contributed by atoms with Gasteiger partial charge in [0, 0.05) is 12.3 Å². The Morgan fingerprint density at radius 1 is 0.941 bits per heavy atom. The number of esters is 1. The molecule has 0 atom stereocenters. The minimum atomic E-state index is -0.331. The van der Waals surface area contributed by atoms with Crippen molar-refractivity contribution in [3.05, 3.63) is 83.4 Å². The molecule has 0 spiro atoms. The van der Waals surface area contributed by atoms with E-state index in [0.717, 1.165) is 52.0 Å². The first kappa shape index (κ1) is 23.7. The smallest absolute Gasteiger partial charge is 0.338 e. The summed E-state index contributed by atoms with van der Waals surface area (Å²) >= 11 is 1.67. The van der Waals surface area contributed by atoms with Crippen molar-refractivity contribution >= 4 is 28.8 Å². The minimum Gasteiger partial charge on any atom is -0.497 e. The lowest BCUT2D eigenvalue weighted by Gasteiger charge is -2.10. The number of aromatic nitrogens is 2. The van der Waals surface area contributed by atoms with Crippen LogP contribution in [0, 0.1) is 0 Å². The van der Waals surface area contributed by atoms with E-state index in [1.165, 1.54) is 5.56 Å². The number of imidazole rings is 1. The fraction of sp³-hybridized carbons (Fsp3) is 0.259. The molecular weight excluding hydrogens is 448 g/mol. The van der Waals surface area contributed by atoms with Crippen LogP contribution in [0.3, 0.4) is 0 Å². The number of methoxy groups -OCH3 is 2. The van der Waals surface area contributed by atoms with Gasteiger partial charge in [0.2, 0.25) is 0 Å². The molecule has 3 aromatic carbocycles. The zero-order valence-electron chi connectivity index (χ0n) is 19.6. The zero-order chi connectivity index (χ0) is 23.9. The van der Waals surface area contributed by atoms with Crippen LogP contribution in [-0.2, 0) is 23.5 Å². The largest absolute Gasteiger partial charge is 0.497 e. The van der Waals surface area contributed by atoms with Crippen molar-refractivity contribution in [2.24, 2.45) is 0 Å². The summed E-state index contributed by atoms with van der Waals surface area (Å²) in [5.41, 5.74) is 4.67. The monoisotopic (exact) mass is 476 g/mol. The summed E-state index contributed by atoms with van der Waals surface area (Å²) in [5, 5.41) is 0.910. The molecule has 0 saturated heterocycles. The molecule has 176 valence electrons. The highest BCUT2D eigenvalue weighted by Gasteiger charge is 2.15. The van der Waals surface area contributed by atoms with Crippen molar-refractivity contribution in [2.45, 2.75) is 30.8 Å². The summed E-state index contributed by atoms with van der Waals surface area (Å²) in [7, 11) is 3.34. The summed E-state index contributed by atoms with van der Waals surface area (Å²) in [4.78, 5) is 17.1. The standard InChI is InChI=1S/C27H28N2O4S/c1-4-33-26(30)21-10-13-25-24(17-21)28-27(34-18-20-6-5-7-23(16-20)32-3)29(25)15-14-19-8-11-22(31-2)12-9-19/h5-13,16-17H,4,14-15,18H2,1-3H3. The number of hydrogen-bond acceptors (Lipinski definition) is 6. The SMILES string of the molecule is CCOC(=O)c1ccc2c(c1)nc(SCc1cccc(OC)c1)n2CCc1ccc(OC)cc1. The van der Waals surface area contributed by atoms with Crippen LogP contribution in [0.2, 0.25) is 0 Å². The number of hydrogen-bond donors (Lipinski definition) is 0. The topological polar surface area (TPSA) is 62.6 Å². The van der Waals surface area contributed by atoms with Gasteiger partial charge in [0.05, 0.1) is 37.4 Å². The Balaban J connectivity index is 1.62. The molecule has 1 heterocycles. The van der Waals surface area contributed by atoms with Crippen LogP contribution in [0.15, 0.2) is 71.9 Å². The van der Waals surface area contributed by atoms with Gasteiger partial charge >= 0.3 is 5.97 Å². The Bertz CT molecular complexity index is 1270. The Morgan fingerprint density at radius 2 is 1.74 bits per heavy atom. The van der Waals surface area contributed by atoms with Gasteiger partial charge in [0.1, 0.15) is 11.5 Å².